The molecule has 0 aliphatic carbocycles. The average Bonchev–Trinajstić information content (AvgIpc) is 3.24. The Morgan fingerprint density at radius 3 is 2.78 bits per heavy atom. The lowest BCUT2D eigenvalue weighted by atomic mass is 10.1. The summed E-state index contributed by atoms with van der Waals surface area (Å²) < 4.78 is 10.6. The highest BCUT2D eigenvalue weighted by Gasteiger charge is 2.18. The summed E-state index contributed by atoms with van der Waals surface area (Å²) in [5.74, 6) is 1.06. The molecule has 0 unspecified atom stereocenters. The number of anilines is 1. The van der Waals surface area contributed by atoms with Crippen LogP contribution in [0.25, 0.3) is 10.4 Å². The van der Waals surface area contributed by atoms with Gasteiger partial charge >= 0.3 is 0 Å². The zero-order valence-corrected chi connectivity index (χ0v) is 12.8. The Balaban J connectivity index is 1.60. The molecule has 114 valence electrons. The van der Waals surface area contributed by atoms with E-state index in [4.69, 9.17) is 9.47 Å². The molecule has 0 radical (unpaired) electrons. The van der Waals surface area contributed by atoms with Crippen molar-refractivity contribution in [3.63, 3.8) is 0 Å². The van der Waals surface area contributed by atoms with Crippen LogP contribution >= 0.6 is 11.3 Å². The normalized spacial score (nSPS) is 12.2. The van der Waals surface area contributed by atoms with E-state index in [1.807, 2.05) is 30.3 Å². The highest BCUT2D eigenvalue weighted by atomic mass is 32.1. The van der Waals surface area contributed by atoms with Crippen molar-refractivity contribution in [2.75, 3.05) is 12.1 Å². The molecule has 1 aliphatic heterocycles. The molecular formula is C17H12N2O3S. The van der Waals surface area contributed by atoms with E-state index in [0.29, 0.717) is 22.9 Å². The Morgan fingerprint density at radius 2 is 1.91 bits per heavy atom. The van der Waals surface area contributed by atoms with Crippen molar-refractivity contribution in [3.8, 4) is 21.9 Å². The fourth-order valence-electron chi connectivity index (χ4n) is 2.37. The topological polar surface area (TPSA) is 60.5 Å². The second-order valence-corrected chi connectivity index (χ2v) is 5.77. The molecule has 1 aromatic heterocycles. The van der Waals surface area contributed by atoms with Crippen LogP contribution in [-0.2, 0) is 0 Å². The molecule has 1 amide bonds. The summed E-state index contributed by atoms with van der Waals surface area (Å²) in [5, 5.41) is 2.85. The van der Waals surface area contributed by atoms with Gasteiger partial charge in [0.2, 0.25) is 6.79 Å². The standard InChI is InChI=1S/C17H12N2O3S/c20-17(19-12-6-7-13-14(8-12)22-10-21-13)15-16(23-9-18-15)11-4-2-1-3-5-11/h1-9H,10H2,(H,19,20). The van der Waals surface area contributed by atoms with Gasteiger partial charge < -0.3 is 14.8 Å². The molecule has 0 spiro atoms. The van der Waals surface area contributed by atoms with Crippen LogP contribution in [0, 0.1) is 0 Å². The van der Waals surface area contributed by atoms with Gasteiger partial charge in [0.1, 0.15) is 5.69 Å². The van der Waals surface area contributed by atoms with Crippen LogP contribution < -0.4 is 14.8 Å². The smallest absolute Gasteiger partial charge is 0.275 e. The lowest BCUT2D eigenvalue weighted by Crippen LogP contribution is -2.13. The van der Waals surface area contributed by atoms with Gasteiger partial charge in [0.25, 0.3) is 5.91 Å². The molecule has 0 saturated heterocycles. The molecule has 6 heteroatoms. The van der Waals surface area contributed by atoms with Crippen molar-refractivity contribution in [2.45, 2.75) is 0 Å². The Labute approximate surface area is 136 Å². The third-order valence-corrected chi connectivity index (χ3v) is 4.32. The Bertz CT molecular complexity index is 861. The zero-order chi connectivity index (χ0) is 15.6. The minimum Gasteiger partial charge on any atom is -0.454 e. The van der Waals surface area contributed by atoms with Crippen LogP contribution in [0.4, 0.5) is 5.69 Å². The number of aromatic nitrogens is 1. The third-order valence-electron chi connectivity index (χ3n) is 3.45. The maximum absolute atomic E-state index is 12.5. The van der Waals surface area contributed by atoms with E-state index < -0.39 is 0 Å². The maximum Gasteiger partial charge on any atom is 0.275 e. The second kappa shape index (κ2) is 5.73. The summed E-state index contributed by atoms with van der Waals surface area (Å²) in [6.07, 6.45) is 0. The van der Waals surface area contributed by atoms with E-state index in [1.165, 1.54) is 11.3 Å². The van der Waals surface area contributed by atoms with Gasteiger partial charge in [0.15, 0.2) is 11.5 Å². The van der Waals surface area contributed by atoms with Crippen LogP contribution in [0.3, 0.4) is 0 Å². The molecule has 2 heterocycles. The number of carbonyl (C=O) groups excluding carboxylic acids is 1. The quantitative estimate of drug-likeness (QED) is 0.796. The molecule has 23 heavy (non-hydrogen) atoms. The molecule has 2 aromatic carbocycles. The van der Waals surface area contributed by atoms with Gasteiger partial charge in [-0.25, -0.2) is 4.98 Å². The summed E-state index contributed by atoms with van der Waals surface area (Å²) >= 11 is 1.45. The highest BCUT2D eigenvalue weighted by Crippen LogP contribution is 2.34. The third kappa shape index (κ3) is 2.64. The lowest BCUT2D eigenvalue weighted by molar-refractivity contribution is 0.102. The van der Waals surface area contributed by atoms with Crippen molar-refractivity contribution in [1.82, 2.24) is 4.98 Å². The second-order valence-electron chi connectivity index (χ2n) is 4.92. The fraction of sp³-hybridized carbons (Fsp3) is 0.0588. The maximum atomic E-state index is 12.5. The van der Waals surface area contributed by atoms with Crippen LogP contribution in [0.2, 0.25) is 0 Å². The zero-order valence-electron chi connectivity index (χ0n) is 12.0. The molecular weight excluding hydrogens is 312 g/mol. The summed E-state index contributed by atoms with van der Waals surface area (Å²) in [6, 6.07) is 15.0. The fourth-order valence-corrected chi connectivity index (χ4v) is 3.16. The first-order valence-electron chi connectivity index (χ1n) is 7.01. The van der Waals surface area contributed by atoms with Crippen molar-refractivity contribution in [1.29, 1.82) is 0 Å². The predicted octanol–water partition coefficient (Wildman–Crippen LogP) is 3.79. The Kier molecular flexibility index (Phi) is 3.44. The summed E-state index contributed by atoms with van der Waals surface area (Å²) in [7, 11) is 0. The Hall–Kier alpha value is -2.86. The van der Waals surface area contributed by atoms with Crippen molar-refractivity contribution >= 4 is 22.9 Å². The number of nitrogens with zero attached hydrogens (tertiary/aromatic N) is 1. The lowest BCUT2D eigenvalue weighted by Gasteiger charge is -2.06. The molecule has 3 aromatic rings. The van der Waals surface area contributed by atoms with Gasteiger partial charge in [-0.15, -0.1) is 11.3 Å². The van der Waals surface area contributed by atoms with Crippen LogP contribution in [0.1, 0.15) is 10.5 Å². The van der Waals surface area contributed by atoms with Gasteiger partial charge in [0, 0.05) is 11.8 Å². The number of rotatable bonds is 3. The van der Waals surface area contributed by atoms with Gasteiger partial charge in [-0.2, -0.15) is 0 Å². The monoisotopic (exact) mass is 324 g/mol. The number of carbonyl (C=O) groups is 1. The minimum absolute atomic E-state index is 0.205. The van der Waals surface area contributed by atoms with Crippen LogP contribution in [0.15, 0.2) is 54.0 Å². The van der Waals surface area contributed by atoms with E-state index in [9.17, 15) is 4.79 Å². The number of ether oxygens (including phenoxy) is 2. The van der Waals surface area contributed by atoms with Gasteiger partial charge in [-0.3, -0.25) is 4.79 Å². The van der Waals surface area contributed by atoms with Crippen molar-refractivity contribution in [3.05, 3.63) is 59.7 Å². The average molecular weight is 324 g/mol. The summed E-state index contributed by atoms with van der Waals surface area (Å²) in [4.78, 5) is 17.6. The van der Waals surface area contributed by atoms with E-state index in [1.54, 1.807) is 23.7 Å². The minimum atomic E-state index is -0.246. The number of hydrogen-bond acceptors (Lipinski definition) is 5. The number of thiazole rings is 1. The number of fused-ring (bicyclic) bond motifs is 1. The molecule has 0 atom stereocenters. The van der Waals surface area contributed by atoms with Crippen molar-refractivity contribution < 1.29 is 14.3 Å². The molecule has 0 bridgehead atoms. The first kappa shape index (κ1) is 13.8. The molecule has 5 nitrogen and oxygen atoms in total. The summed E-state index contributed by atoms with van der Waals surface area (Å²) in [6.45, 7) is 0.205. The molecule has 0 saturated carbocycles. The van der Waals surface area contributed by atoms with E-state index in [2.05, 4.69) is 10.3 Å². The first-order valence-corrected chi connectivity index (χ1v) is 7.89. The number of hydrogen-bond donors (Lipinski definition) is 1. The SMILES string of the molecule is O=C(Nc1ccc2c(c1)OCO2)c1ncsc1-c1ccccc1. The number of amides is 1. The van der Waals surface area contributed by atoms with E-state index in [-0.39, 0.29) is 12.7 Å². The molecule has 0 fully saturated rings. The van der Waals surface area contributed by atoms with E-state index >= 15 is 0 Å². The molecule has 1 N–H and O–H groups in total. The number of nitrogens with one attached hydrogen (secondary N) is 1. The van der Waals surface area contributed by atoms with Gasteiger partial charge in [-0.1, -0.05) is 30.3 Å². The van der Waals surface area contributed by atoms with Crippen molar-refractivity contribution in [2.24, 2.45) is 0 Å². The largest absolute Gasteiger partial charge is 0.454 e. The molecule has 1 aliphatic rings. The first-order chi connectivity index (χ1) is 11.3. The van der Waals surface area contributed by atoms with Crippen LogP contribution in [0.5, 0.6) is 11.5 Å². The number of benzene rings is 2. The Morgan fingerprint density at radius 1 is 1.09 bits per heavy atom. The highest BCUT2D eigenvalue weighted by molar-refractivity contribution is 7.13. The molecule has 4 rings (SSSR count). The van der Waals surface area contributed by atoms with Crippen LogP contribution in [-0.4, -0.2) is 17.7 Å². The predicted molar refractivity (Wildman–Crippen MR) is 88.1 cm³/mol. The van der Waals surface area contributed by atoms with E-state index in [0.717, 1.165) is 10.4 Å². The van der Waals surface area contributed by atoms with Gasteiger partial charge in [-0.05, 0) is 17.7 Å². The summed E-state index contributed by atoms with van der Waals surface area (Å²) in [5.41, 5.74) is 3.72. The van der Waals surface area contributed by atoms with Gasteiger partial charge in [0.05, 0.1) is 10.4 Å².